The van der Waals surface area contributed by atoms with Crippen LogP contribution in [0.2, 0.25) is 0 Å². The molecule has 0 spiro atoms. The van der Waals surface area contributed by atoms with Crippen molar-refractivity contribution in [2.24, 2.45) is 5.92 Å². The van der Waals surface area contributed by atoms with Crippen LogP contribution in [0.3, 0.4) is 0 Å². The Morgan fingerprint density at radius 2 is 1.73 bits per heavy atom. The molecule has 2 aromatic rings. The van der Waals surface area contributed by atoms with E-state index in [2.05, 4.69) is 61.0 Å². The summed E-state index contributed by atoms with van der Waals surface area (Å²) in [6, 6.07) is 13.0. The van der Waals surface area contributed by atoms with Gasteiger partial charge in [0, 0.05) is 12.2 Å². The third-order valence-electron chi connectivity index (χ3n) is 3.92. The molecule has 0 amide bonds. The van der Waals surface area contributed by atoms with Crippen molar-refractivity contribution in [1.29, 1.82) is 0 Å². The number of aryl methyl sites for hydroxylation is 1. The summed E-state index contributed by atoms with van der Waals surface area (Å²) >= 11 is 0. The molecule has 4 N–H and O–H groups in total. The van der Waals surface area contributed by atoms with E-state index in [-0.39, 0.29) is 4.90 Å². The molecule has 0 fully saturated rings. The van der Waals surface area contributed by atoms with E-state index in [0.29, 0.717) is 18.3 Å². The van der Waals surface area contributed by atoms with Crippen LogP contribution in [0, 0.1) is 5.92 Å². The van der Waals surface area contributed by atoms with Crippen molar-refractivity contribution in [1.82, 2.24) is 0 Å². The Morgan fingerprint density at radius 3 is 2.31 bits per heavy atom. The second-order valence-corrected chi connectivity index (χ2v) is 7.96. The third kappa shape index (κ3) is 5.93. The Bertz CT molecular complexity index is 818. The molecule has 0 unspecified atom stereocenters. The maximum Gasteiger partial charge on any atom is 0.294 e. The van der Waals surface area contributed by atoms with Gasteiger partial charge < -0.3 is 16.0 Å². The fourth-order valence-electron chi connectivity index (χ4n) is 2.40. The first-order chi connectivity index (χ1) is 12.3. The monoisotopic (exact) mass is 377 g/mol. The first-order valence-electron chi connectivity index (χ1n) is 8.71. The fourth-order valence-corrected chi connectivity index (χ4v) is 2.91. The van der Waals surface area contributed by atoms with E-state index in [9.17, 15) is 8.42 Å². The Labute approximate surface area is 155 Å². The van der Waals surface area contributed by atoms with Crippen LogP contribution in [0.4, 0.5) is 17.1 Å². The van der Waals surface area contributed by atoms with Gasteiger partial charge in [0.2, 0.25) is 0 Å². The smallest absolute Gasteiger partial charge is 0.294 e. The molecule has 0 atom stereocenters. The standard InChI is InChI=1S/C12H19N.C7H8N2O3S/c1-4-11-5-7-12(8-6-11)13-9-10(2)3;10-13(11,12)5-1-2-6-7(3-5)9-4-8-6/h5-8,10,13H,4,9H2,1-3H3;1-3,8-9H,4H2,(H,10,11,12). The van der Waals surface area contributed by atoms with E-state index in [1.165, 1.54) is 23.4 Å². The van der Waals surface area contributed by atoms with Crippen molar-refractivity contribution in [3.8, 4) is 0 Å². The third-order valence-corrected chi connectivity index (χ3v) is 4.77. The van der Waals surface area contributed by atoms with Gasteiger partial charge in [0.15, 0.2) is 0 Å². The molecule has 7 heteroatoms. The number of anilines is 3. The second-order valence-electron chi connectivity index (χ2n) is 6.54. The molecule has 1 heterocycles. The predicted molar refractivity (Wildman–Crippen MR) is 108 cm³/mol. The molecule has 0 bridgehead atoms. The summed E-state index contributed by atoms with van der Waals surface area (Å²) in [4.78, 5) is -0.0950. The molecule has 1 aliphatic heterocycles. The van der Waals surface area contributed by atoms with Crippen LogP contribution >= 0.6 is 0 Å². The Morgan fingerprint density at radius 1 is 1.08 bits per heavy atom. The summed E-state index contributed by atoms with van der Waals surface area (Å²) in [5.74, 6) is 0.700. The normalized spacial score (nSPS) is 12.5. The molecular weight excluding hydrogens is 350 g/mol. The highest BCUT2D eigenvalue weighted by Crippen LogP contribution is 2.28. The second kappa shape index (κ2) is 8.91. The summed E-state index contributed by atoms with van der Waals surface area (Å²) < 4.78 is 30.2. The minimum absolute atomic E-state index is 0.0950. The number of nitrogens with one attached hydrogen (secondary N) is 3. The van der Waals surface area contributed by atoms with Crippen molar-refractivity contribution in [2.75, 3.05) is 29.2 Å². The molecule has 2 aromatic carbocycles. The Hall–Kier alpha value is -2.25. The van der Waals surface area contributed by atoms with Crippen molar-refractivity contribution < 1.29 is 13.0 Å². The van der Waals surface area contributed by atoms with E-state index < -0.39 is 10.1 Å². The molecule has 6 nitrogen and oxygen atoms in total. The zero-order valence-corrected chi connectivity index (χ0v) is 16.2. The van der Waals surface area contributed by atoms with E-state index >= 15 is 0 Å². The quantitative estimate of drug-likeness (QED) is 0.588. The summed E-state index contributed by atoms with van der Waals surface area (Å²) in [6.07, 6.45) is 1.12. The molecule has 3 rings (SSSR count). The average Bonchev–Trinajstić information content (AvgIpc) is 3.08. The zero-order valence-electron chi connectivity index (χ0n) is 15.4. The summed E-state index contributed by atoms with van der Waals surface area (Å²) in [5.41, 5.74) is 4.16. The van der Waals surface area contributed by atoms with Gasteiger partial charge in [0.25, 0.3) is 10.1 Å². The number of benzene rings is 2. The van der Waals surface area contributed by atoms with Crippen LogP contribution in [-0.4, -0.2) is 26.2 Å². The molecule has 0 saturated carbocycles. The van der Waals surface area contributed by atoms with Crippen LogP contribution in [0.5, 0.6) is 0 Å². The molecule has 0 saturated heterocycles. The molecular formula is C19H27N3O3S. The average molecular weight is 378 g/mol. The van der Waals surface area contributed by atoms with Crippen LogP contribution in [0.15, 0.2) is 47.4 Å². The van der Waals surface area contributed by atoms with Gasteiger partial charge in [-0.25, -0.2) is 0 Å². The maximum absolute atomic E-state index is 10.7. The number of hydrogen-bond acceptors (Lipinski definition) is 5. The van der Waals surface area contributed by atoms with Gasteiger partial charge in [-0.3, -0.25) is 4.55 Å². The van der Waals surface area contributed by atoms with E-state index in [1.54, 1.807) is 6.07 Å². The van der Waals surface area contributed by atoms with Gasteiger partial charge in [-0.2, -0.15) is 8.42 Å². The highest BCUT2D eigenvalue weighted by atomic mass is 32.2. The van der Waals surface area contributed by atoms with E-state index in [4.69, 9.17) is 4.55 Å². The van der Waals surface area contributed by atoms with Gasteiger partial charge in [-0.05, 0) is 48.2 Å². The maximum atomic E-state index is 10.7. The topological polar surface area (TPSA) is 90.5 Å². The lowest BCUT2D eigenvalue weighted by Gasteiger charge is -2.08. The first kappa shape index (κ1) is 20.1. The van der Waals surface area contributed by atoms with Gasteiger partial charge >= 0.3 is 0 Å². The molecule has 142 valence electrons. The fraction of sp³-hybridized carbons (Fsp3) is 0.368. The SMILES string of the molecule is CCc1ccc(NCC(C)C)cc1.O=S(=O)(O)c1ccc2c(c1)NCN2. The lowest BCUT2D eigenvalue weighted by molar-refractivity contribution is 0.483. The van der Waals surface area contributed by atoms with Crippen molar-refractivity contribution in [2.45, 2.75) is 32.1 Å². The highest BCUT2D eigenvalue weighted by Gasteiger charge is 2.14. The minimum Gasteiger partial charge on any atom is -0.385 e. The number of hydrogen-bond donors (Lipinski definition) is 4. The lowest BCUT2D eigenvalue weighted by Crippen LogP contribution is -2.07. The summed E-state index contributed by atoms with van der Waals surface area (Å²) in [5, 5.41) is 9.31. The number of fused-ring (bicyclic) bond motifs is 1. The zero-order chi connectivity index (χ0) is 19.2. The van der Waals surface area contributed by atoms with Crippen molar-refractivity contribution in [3.05, 3.63) is 48.0 Å². The molecule has 0 radical (unpaired) electrons. The molecule has 0 aromatic heterocycles. The van der Waals surface area contributed by atoms with E-state index in [1.807, 2.05) is 0 Å². The minimum atomic E-state index is -4.09. The van der Waals surface area contributed by atoms with Crippen LogP contribution in [0.1, 0.15) is 26.3 Å². The number of rotatable bonds is 5. The molecule has 1 aliphatic rings. The van der Waals surface area contributed by atoms with Gasteiger partial charge in [0.1, 0.15) is 0 Å². The van der Waals surface area contributed by atoms with Crippen LogP contribution < -0.4 is 16.0 Å². The summed E-state index contributed by atoms with van der Waals surface area (Å²) in [6.45, 7) is 8.23. The first-order valence-corrected chi connectivity index (χ1v) is 10.2. The summed E-state index contributed by atoms with van der Waals surface area (Å²) in [7, 11) is -4.09. The van der Waals surface area contributed by atoms with Crippen LogP contribution in [0.25, 0.3) is 0 Å². The van der Waals surface area contributed by atoms with Gasteiger partial charge in [0.05, 0.1) is 22.9 Å². The molecule has 26 heavy (non-hydrogen) atoms. The lowest BCUT2D eigenvalue weighted by atomic mass is 10.1. The predicted octanol–water partition coefficient (Wildman–Crippen LogP) is 4.05. The van der Waals surface area contributed by atoms with Crippen molar-refractivity contribution >= 4 is 27.2 Å². The Kier molecular flexibility index (Phi) is 6.88. The van der Waals surface area contributed by atoms with Crippen LogP contribution in [-0.2, 0) is 16.5 Å². The van der Waals surface area contributed by atoms with E-state index in [0.717, 1.165) is 18.7 Å². The van der Waals surface area contributed by atoms with Gasteiger partial charge in [-0.15, -0.1) is 0 Å². The van der Waals surface area contributed by atoms with Gasteiger partial charge in [-0.1, -0.05) is 32.9 Å². The largest absolute Gasteiger partial charge is 0.385 e. The highest BCUT2D eigenvalue weighted by molar-refractivity contribution is 7.85. The molecule has 0 aliphatic carbocycles. The van der Waals surface area contributed by atoms with Crippen molar-refractivity contribution in [3.63, 3.8) is 0 Å². The Balaban J connectivity index is 0.000000187.